The number of hydrogen-bond donors (Lipinski definition) is 2. The summed E-state index contributed by atoms with van der Waals surface area (Å²) in [4.78, 5) is 42.8. The van der Waals surface area contributed by atoms with Crippen molar-refractivity contribution in [3.05, 3.63) is 0 Å². The molecule has 134 valence electrons. The molecule has 2 N–H and O–H groups in total. The molecule has 1 rings (SSSR count). The van der Waals surface area contributed by atoms with Gasteiger partial charge in [-0.2, -0.15) is 0 Å². The third-order valence-electron chi connectivity index (χ3n) is 2.92. The van der Waals surface area contributed by atoms with Crippen LogP contribution in [0.1, 0.15) is 64.2 Å². The van der Waals surface area contributed by atoms with Crippen molar-refractivity contribution in [1.82, 2.24) is 0 Å². The smallest absolute Gasteiger partial charge is 0.222 e. The lowest BCUT2D eigenvalue weighted by Gasteiger charge is -2.05. The van der Waals surface area contributed by atoms with Crippen LogP contribution in [0.5, 0.6) is 0 Å². The molecule has 0 aromatic heterocycles. The monoisotopic (exact) mass is 338 g/mol. The van der Waals surface area contributed by atoms with Crippen LogP contribution in [-0.2, 0) is 19.2 Å². The highest BCUT2D eigenvalue weighted by Crippen LogP contribution is 2.15. The van der Waals surface area contributed by atoms with Crippen molar-refractivity contribution in [2.45, 2.75) is 64.2 Å². The summed E-state index contributed by atoms with van der Waals surface area (Å²) in [5.41, 5.74) is 0. The summed E-state index contributed by atoms with van der Waals surface area (Å²) in [6.45, 7) is 1.11. The maximum absolute atomic E-state index is 9.63. The lowest BCUT2D eigenvalue weighted by molar-refractivity contribution is 0.504. The van der Waals surface area contributed by atoms with Crippen LogP contribution in [0.2, 0.25) is 0 Å². The lowest BCUT2D eigenvalue weighted by Crippen LogP contribution is -1.85. The fourth-order valence-corrected chi connectivity index (χ4v) is 1.89. The number of rotatable bonds is 7. The van der Waals surface area contributed by atoms with Crippen LogP contribution in [0.25, 0.3) is 0 Å². The Morgan fingerprint density at radius 3 is 1.04 bits per heavy atom. The van der Waals surface area contributed by atoms with Crippen LogP contribution in [0, 0.1) is 10.8 Å². The summed E-state index contributed by atoms with van der Waals surface area (Å²) in [6, 6.07) is 0. The van der Waals surface area contributed by atoms with Crippen molar-refractivity contribution in [1.29, 1.82) is 10.8 Å². The number of aliphatic imine (C=N–C) groups is 2. The van der Waals surface area contributed by atoms with Gasteiger partial charge in [0.05, 0.1) is 13.1 Å². The predicted octanol–water partition coefficient (Wildman–Crippen LogP) is 3.36. The molecule has 0 radical (unpaired) electrons. The van der Waals surface area contributed by atoms with Gasteiger partial charge >= 0.3 is 0 Å². The number of carbonyl (C=O) groups excluding carboxylic acids is 4. The zero-order chi connectivity index (χ0) is 18.7. The predicted molar refractivity (Wildman–Crippen MR) is 89.0 cm³/mol. The molecule has 0 spiro atoms. The Hall–Kier alpha value is -2.48. The molecule has 1 fully saturated rings. The highest BCUT2D eigenvalue weighted by Gasteiger charge is 1.95. The lowest BCUT2D eigenvalue weighted by atomic mass is 10.0. The van der Waals surface area contributed by atoms with E-state index in [0.29, 0.717) is 13.1 Å². The van der Waals surface area contributed by atoms with Crippen molar-refractivity contribution in [3.8, 4) is 0 Å². The number of isocyanates is 4. The fourth-order valence-electron chi connectivity index (χ4n) is 1.89. The molecule has 0 atom stereocenters. The molecule has 8 nitrogen and oxygen atoms in total. The molecule has 0 aromatic carbocycles. The van der Waals surface area contributed by atoms with E-state index in [4.69, 9.17) is 20.4 Å². The van der Waals surface area contributed by atoms with Crippen molar-refractivity contribution in [2.24, 2.45) is 9.98 Å². The van der Waals surface area contributed by atoms with E-state index in [1.165, 1.54) is 50.7 Å². The minimum atomic E-state index is 0.556. The quantitative estimate of drug-likeness (QED) is 0.417. The Morgan fingerprint density at radius 1 is 0.583 bits per heavy atom. The van der Waals surface area contributed by atoms with Crippen molar-refractivity contribution < 1.29 is 19.2 Å². The van der Waals surface area contributed by atoms with Crippen LogP contribution in [0.4, 0.5) is 0 Å². The third-order valence-corrected chi connectivity index (χ3v) is 2.92. The molecule has 0 aliphatic heterocycles. The average Bonchev–Trinajstić information content (AvgIpc) is 2.61. The maximum atomic E-state index is 9.63. The Bertz CT molecular complexity index is 366. The summed E-state index contributed by atoms with van der Waals surface area (Å²) in [5.74, 6) is 0. The highest BCUT2D eigenvalue weighted by molar-refractivity contribution is 5.32. The molecule has 0 bridgehead atoms. The fraction of sp³-hybridized carbons (Fsp3) is 0.750. The van der Waals surface area contributed by atoms with Crippen LogP contribution in [0.3, 0.4) is 0 Å². The first-order valence-electron chi connectivity index (χ1n) is 7.90. The average molecular weight is 338 g/mol. The minimum absolute atomic E-state index is 0.556. The van der Waals surface area contributed by atoms with Crippen molar-refractivity contribution in [2.75, 3.05) is 13.1 Å². The van der Waals surface area contributed by atoms with Crippen molar-refractivity contribution in [3.63, 3.8) is 0 Å². The van der Waals surface area contributed by atoms with E-state index >= 15 is 0 Å². The number of nitrogens with zero attached hydrogens (tertiary/aromatic N) is 2. The first-order chi connectivity index (χ1) is 11.7. The second-order valence-electron chi connectivity index (χ2n) is 4.69. The van der Waals surface area contributed by atoms with Gasteiger partial charge in [-0.05, 0) is 12.8 Å². The molecule has 0 saturated heterocycles. The van der Waals surface area contributed by atoms with Gasteiger partial charge in [-0.1, -0.05) is 51.4 Å². The first kappa shape index (κ1) is 26.4. The molecule has 1 aliphatic carbocycles. The Kier molecular flexibility index (Phi) is 35.7. The van der Waals surface area contributed by atoms with Gasteiger partial charge in [-0.3, -0.25) is 0 Å². The second-order valence-corrected chi connectivity index (χ2v) is 4.69. The summed E-state index contributed by atoms with van der Waals surface area (Å²) >= 11 is 0. The molecule has 0 unspecified atom stereocenters. The van der Waals surface area contributed by atoms with Gasteiger partial charge in [0.15, 0.2) is 0 Å². The molecule has 0 aromatic rings. The van der Waals surface area contributed by atoms with E-state index in [-0.39, 0.29) is 0 Å². The minimum Gasteiger partial charge on any atom is -0.222 e. The van der Waals surface area contributed by atoms with Crippen molar-refractivity contribution >= 4 is 24.3 Å². The van der Waals surface area contributed by atoms with E-state index in [2.05, 4.69) is 9.98 Å². The standard InChI is InChI=1S/C8H12N2O2.C6H12.2CHNO/c11-7-9-5-3-1-2-4-6-10-8-12;1-2-4-6-5-3-1;2*2-1-3/h1-6H2;1-6H2;2*2H. The van der Waals surface area contributed by atoms with Gasteiger partial charge in [0.2, 0.25) is 24.3 Å². The molecule has 8 heteroatoms. The largest absolute Gasteiger partial charge is 0.234 e. The summed E-state index contributed by atoms with van der Waals surface area (Å²) in [6.07, 6.45) is 17.3. The molecular formula is C16H26N4O4. The molecule has 0 amide bonds. The van der Waals surface area contributed by atoms with E-state index in [1.807, 2.05) is 0 Å². The van der Waals surface area contributed by atoms with Crippen LogP contribution < -0.4 is 0 Å². The summed E-state index contributed by atoms with van der Waals surface area (Å²) in [5, 5.41) is 10.8. The Labute approximate surface area is 142 Å². The summed E-state index contributed by atoms with van der Waals surface area (Å²) in [7, 11) is 0. The highest BCUT2D eigenvalue weighted by atomic mass is 16.1. The van der Waals surface area contributed by atoms with E-state index in [1.54, 1.807) is 0 Å². The molecule has 1 aliphatic rings. The topological polar surface area (TPSA) is 141 Å². The molecular weight excluding hydrogens is 312 g/mol. The van der Waals surface area contributed by atoms with Gasteiger partial charge in [-0.25, -0.2) is 40.0 Å². The Morgan fingerprint density at radius 2 is 0.833 bits per heavy atom. The normalized spacial score (nSPS) is 10.8. The Balaban J connectivity index is -0.000000302. The van der Waals surface area contributed by atoms with Crippen LogP contribution >= 0.6 is 0 Å². The molecule has 1 saturated carbocycles. The third kappa shape index (κ3) is 42.7. The van der Waals surface area contributed by atoms with Gasteiger partial charge < -0.3 is 0 Å². The van der Waals surface area contributed by atoms with Gasteiger partial charge in [-0.15, -0.1) is 0 Å². The van der Waals surface area contributed by atoms with Gasteiger partial charge in [0.1, 0.15) is 0 Å². The molecule has 24 heavy (non-hydrogen) atoms. The van der Waals surface area contributed by atoms with Gasteiger partial charge in [0.25, 0.3) is 0 Å². The van der Waals surface area contributed by atoms with Crippen LogP contribution in [0.15, 0.2) is 9.98 Å². The summed E-state index contributed by atoms with van der Waals surface area (Å²) < 4.78 is 0. The zero-order valence-electron chi connectivity index (χ0n) is 14.0. The van der Waals surface area contributed by atoms with Gasteiger partial charge in [0, 0.05) is 0 Å². The maximum Gasteiger partial charge on any atom is 0.234 e. The van der Waals surface area contributed by atoms with Crippen LogP contribution in [-0.4, -0.2) is 37.4 Å². The molecule has 0 heterocycles. The number of nitrogens with one attached hydrogen (secondary N) is 2. The van der Waals surface area contributed by atoms with E-state index < -0.39 is 0 Å². The number of hydrogen-bond acceptors (Lipinski definition) is 8. The number of unbranched alkanes of at least 4 members (excludes halogenated alkanes) is 3. The second kappa shape index (κ2) is 32.5. The first-order valence-corrected chi connectivity index (χ1v) is 7.90. The van der Waals surface area contributed by atoms with E-state index in [9.17, 15) is 9.59 Å². The SMILES string of the molecule is C1CCCCC1.N=C=O.N=C=O.O=C=NCCCCCCN=C=O. The van der Waals surface area contributed by atoms with E-state index in [0.717, 1.165) is 37.8 Å². The zero-order valence-corrected chi connectivity index (χ0v) is 14.0.